The van der Waals surface area contributed by atoms with Crippen molar-refractivity contribution in [3.63, 3.8) is 0 Å². The van der Waals surface area contributed by atoms with Crippen LogP contribution in [-0.2, 0) is 16.7 Å². The van der Waals surface area contributed by atoms with E-state index in [2.05, 4.69) is 32.8 Å². The Morgan fingerprint density at radius 2 is 1.84 bits per heavy atom. The molecule has 0 fully saturated rings. The SMILES string of the molecule is CC(=O)O/N=C(\c1ccccc1)c1cn(C)c2ccc(N(C)C)cc12. The molecule has 0 amide bonds. The molecular weight excluding hydrogens is 314 g/mol. The zero-order valence-electron chi connectivity index (χ0n) is 14.9. The van der Waals surface area contributed by atoms with Crippen molar-refractivity contribution in [2.75, 3.05) is 19.0 Å². The number of aryl methyl sites for hydroxylation is 1. The van der Waals surface area contributed by atoms with E-state index in [1.807, 2.05) is 57.7 Å². The third kappa shape index (κ3) is 3.40. The Bertz CT molecular complexity index is 940. The number of aromatic nitrogens is 1. The minimum absolute atomic E-state index is 0.442. The molecule has 2 aromatic carbocycles. The van der Waals surface area contributed by atoms with Gasteiger partial charge in [-0.25, -0.2) is 4.79 Å². The molecule has 0 aliphatic rings. The average Bonchev–Trinajstić information content (AvgIpc) is 2.92. The Labute approximate surface area is 147 Å². The van der Waals surface area contributed by atoms with Crippen LogP contribution in [0.1, 0.15) is 18.1 Å². The highest BCUT2D eigenvalue weighted by atomic mass is 16.7. The van der Waals surface area contributed by atoms with Crippen molar-refractivity contribution in [1.82, 2.24) is 4.57 Å². The molecule has 1 heterocycles. The molecule has 5 heteroatoms. The summed E-state index contributed by atoms with van der Waals surface area (Å²) in [5.41, 5.74) is 4.64. The topological polar surface area (TPSA) is 46.8 Å². The second-order valence-corrected chi connectivity index (χ2v) is 6.14. The monoisotopic (exact) mass is 335 g/mol. The summed E-state index contributed by atoms with van der Waals surface area (Å²) in [5.74, 6) is -0.442. The summed E-state index contributed by atoms with van der Waals surface area (Å²) in [6, 6.07) is 16.0. The number of carbonyl (C=O) groups is 1. The second-order valence-electron chi connectivity index (χ2n) is 6.14. The van der Waals surface area contributed by atoms with Crippen molar-refractivity contribution in [3.05, 3.63) is 65.9 Å². The van der Waals surface area contributed by atoms with Gasteiger partial charge in [0.1, 0.15) is 5.71 Å². The molecule has 0 saturated heterocycles. The maximum atomic E-state index is 11.3. The molecule has 0 spiro atoms. The van der Waals surface area contributed by atoms with Gasteiger partial charge >= 0.3 is 5.97 Å². The normalized spacial score (nSPS) is 11.6. The fourth-order valence-corrected chi connectivity index (χ4v) is 2.81. The van der Waals surface area contributed by atoms with E-state index in [1.54, 1.807) is 0 Å². The lowest BCUT2D eigenvalue weighted by molar-refractivity contribution is -0.140. The lowest BCUT2D eigenvalue weighted by atomic mass is 10.0. The fourth-order valence-electron chi connectivity index (χ4n) is 2.81. The number of anilines is 1. The van der Waals surface area contributed by atoms with Crippen LogP contribution in [0.5, 0.6) is 0 Å². The van der Waals surface area contributed by atoms with Crippen molar-refractivity contribution in [1.29, 1.82) is 0 Å². The van der Waals surface area contributed by atoms with E-state index in [0.29, 0.717) is 5.71 Å². The van der Waals surface area contributed by atoms with Gasteiger partial charge in [-0.1, -0.05) is 35.5 Å². The molecule has 0 radical (unpaired) electrons. The number of rotatable bonds is 4. The molecule has 128 valence electrons. The summed E-state index contributed by atoms with van der Waals surface area (Å²) < 4.78 is 2.05. The highest BCUT2D eigenvalue weighted by Crippen LogP contribution is 2.27. The number of fused-ring (bicyclic) bond motifs is 1. The zero-order valence-corrected chi connectivity index (χ0v) is 14.9. The molecule has 1 aromatic heterocycles. The number of benzene rings is 2. The summed E-state index contributed by atoms with van der Waals surface area (Å²) in [7, 11) is 6.01. The molecule has 25 heavy (non-hydrogen) atoms. The molecule has 0 aliphatic heterocycles. The van der Waals surface area contributed by atoms with E-state index in [0.717, 1.165) is 27.7 Å². The molecule has 0 N–H and O–H groups in total. The molecule has 3 aromatic rings. The lowest BCUT2D eigenvalue weighted by Crippen LogP contribution is -2.09. The van der Waals surface area contributed by atoms with Crippen LogP contribution in [0.2, 0.25) is 0 Å². The first-order valence-corrected chi connectivity index (χ1v) is 8.05. The van der Waals surface area contributed by atoms with Gasteiger partial charge in [-0.3, -0.25) is 0 Å². The molecular formula is C20H21N3O2. The third-order valence-electron chi connectivity index (χ3n) is 4.06. The van der Waals surface area contributed by atoms with Gasteiger partial charge in [0, 0.05) is 62.0 Å². The molecule has 0 atom stereocenters. The summed E-state index contributed by atoms with van der Waals surface area (Å²) >= 11 is 0. The zero-order chi connectivity index (χ0) is 18.0. The smallest absolute Gasteiger partial charge is 0.332 e. The first-order chi connectivity index (χ1) is 12.0. The second kappa shape index (κ2) is 6.81. The summed E-state index contributed by atoms with van der Waals surface area (Å²) in [5, 5.41) is 5.20. The van der Waals surface area contributed by atoms with Gasteiger partial charge in [-0.05, 0) is 18.2 Å². The summed E-state index contributed by atoms with van der Waals surface area (Å²) in [6.45, 7) is 1.35. The number of carbonyl (C=O) groups excluding carboxylic acids is 1. The summed E-state index contributed by atoms with van der Waals surface area (Å²) in [4.78, 5) is 18.3. The predicted molar refractivity (Wildman–Crippen MR) is 101 cm³/mol. The first kappa shape index (κ1) is 16.8. The Kier molecular flexibility index (Phi) is 4.57. The Morgan fingerprint density at radius 1 is 1.12 bits per heavy atom. The largest absolute Gasteiger partial charge is 0.378 e. The molecule has 5 nitrogen and oxygen atoms in total. The van der Waals surface area contributed by atoms with E-state index in [-0.39, 0.29) is 0 Å². The van der Waals surface area contributed by atoms with Crippen LogP contribution in [0.4, 0.5) is 5.69 Å². The standard InChI is InChI=1S/C20H21N3O2/c1-14(24)25-21-20(15-8-6-5-7-9-15)18-13-23(4)19-11-10-16(22(2)3)12-17(18)19/h5-13H,1-4H3/b21-20+. The highest BCUT2D eigenvalue weighted by molar-refractivity contribution is 6.19. The molecule has 0 aliphatic carbocycles. The maximum Gasteiger partial charge on any atom is 0.332 e. The van der Waals surface area contributed by atoms with Gasteiger partial charge in [0.05, 0.1) is 0 Å². The minimum Gasteiger partial charge on any atom is -0.378 e. The van der Waals surface area contributed by atoms with E-state index < -0.39 is 5.97 Å². The Balaban J connectivity index is 2.23. The number of nitrogens with zero attached hydrogens (tertiary/aromatic N) is 3. The fraction of sp³-hybridized carbons (Fsp3) is 0.200. The van der Waals surface area contributed by atoms with Gasteiger partial charge in [0.15, 0.2) is 0 Å². The lowest BCUT2D eigenvalue weighted by Gasteiger charge is -2.13. The molecule has 3 rings (SSSR count). The van der Waals surface area contributed by atoms with Gasteiger partial charge in [-0.15, -0.1) is 0 Å². The number of hydrogen-bond acceptors (Lipinski definition) is 4. The van der Waals surface area contributed by atoms with Crippen molar-refractivity contribution in [2.24, 2.45) is 12.2 Å². The number of oxime groups is 1. The minimum atomic E-state index is -0.442. The first-order valence-electron chi connectivity index (χ1n) is 8.05. The quantitative estimate of drug-likeness (QED) is 0.416. The highest BCUT2D eigenvalue weighted by Gasteiger charge is 2.16. The van der Waals surface area contributed by atoms with Gasteiger partial charge in [0.2, 0.25) is 0 Å². The van der Waals surface area contributed by atoms with Crippen LogP contribution in [0, 0.1) is 0 Å². The van der Waals surface area contributed by atoms with Gasteiger partial charge in [-0.2, -0.15) is 0 Å². The van der Waals surface area contributed by atoms with E-state index in [1.165, 1.54) is 6.92 Å². The van der Waals surface area contributed by atoms with Crippen LogP contribution in [0.15, 0.2) is 59.9 Å². The van der Waals surface area contributed by atoms with Gasteiger partial charge in [0.25, 0.3) is 0 Å². The van der Waals surface area contributed by atoms with Crippen LogP contribution < -0.4 is 4.90 Å². The Morgan fingerprint density at radius 3 is 2.48 bits per heavy atom. The average molecular weight is 335 g/mol. The third-order valence-corrected chi connectivity index (χ3v) is 4.06. The van der Waals surface area contributed by atoms with E-state index >= 15 is 0 Å². The molecule has 0 unspecified atom stereocenters. The molecule has 0 saturated carbocycles. The van der Waals surface area contributed by atoms with Crippen molar-refractivity contribution in [3.8, 4) is 0 Å². The van der Waals surface area contributed by atoms with Crippen molar-refractivity contribution < 1.29 is 9.63 Å². The van der Waals surface area contributed by atoms with Crippen LogP contribution in [-0.4, -0.2) is 30.3 Å². The van der Waals surface area contributed by atoms with Gasteiger partial charge < -0.3 is 14.3 Å². The Hall–Kier alpha value is -3.08. The summed E-state index contributed by atoms with van der Waals surface area (Å²) in [6.07, 6.45) is 2.01. The molecule has 0 bridgehead atoms. The van der Waals surface area contributed by atoms with Crippen molar-refractivity contribution >= 4 is 28.3 Å². The number of hydrogen-bond donors (Lipinski definition) is 0. The maximum absolute atomic E-state index is 11.3. The van der Waals surface area contributed by atoms with Crippen molar-refractivity contribution in [2.45, 2.75) is 6.92 Å². The van der Waals surface area contributed by atoms with Crippen LogP contribution >= 0.6 is 0 Å². The van der Waals surface area contributed by atoms with Crippen LogP contribution in [0.3, 0.4) is 0 Å². The van der Waals surface area contributed by atoms with E-state index in [9.17, 15) is 4.79 Å². The van der Waals surface area contributed by atoms with Crippen LogP contribution in [0.25, 0.3) is 10.9 Å². The van der Waals surface area contributed by atoms with E-state index in [4.69, 9.17) is 4.84 Å². The predicted octanol–water partition coefficient (Wildman–Crippen LogP) is 3.56.